The molecule has 2 rings (SSSR count). The number of ether oxygens (including phenoxy) is 1. The van der Waals surface area contributed by atoms with Gasteiger partial charge in [0.2, 0.25) is 0 Å². The van der Waals surface area contributed by atoms with E-state index in [4.69, 9.17) is 10.5 Å². The molecule has 78 valence electrons. The van der Waals surface area contributed by atoms with Gasteiger partial charge in [-0.25, -0.2) is 0 Å². The second-order valence-electron chi connectivity index (χ2n) is 3.98. The van der Waals surface area contributed by atoms with Gasteiger partial charge in [0.25, 0.3) is 0 Å². The molecule has 0 aromatic carbocycles. The fourth-order valence-corrected chi connectivity index (χ4v) is 1.84. The highest BCUT2D eigenvalue weighted by atomic mass is 16.5. The van der Waals surface area contributed by atoms with E-state index in [-0.39, 0.29) is 0 Å². The van der Waals surface area contributed by atoms with Gasteiger partial charge in [-0.1, -0.05) is 0 Å². The van der Waals surface area contributed by atoms with Gasteiger partial charge in [-0.3, -0.25) is 4.68 Å². The Morgan fingerprint density at radius 3 is 3.14 bits per heavy atom. The average molecular weight is 195 g/mol. The predicted octanol–water partition coefficient (Wildman–Crippen LogP) is 1.20. The molecule has 1 aromatic heterocycles. The van der Waals surface area contributed by atoms with Crippen molar-refractivity contribution in [3.63, 3.8) is 0 Å². The minimum Gasteiger partial charge on any atom is -0.396 e. The van der Waals surface area contributed by atoms with E-state index < -0.39 is 0 Å². The van der Waals surface area contributed by atoms with Gasteiger partial charge in [0.1, 0.15) is 0 Å². The van der Waals surface area contributed by atoms with Gasteiger partial charge in [0.15, 0.2) is 0 Å². The monoisotopic (exact) mass is 195 g/mol. The maximum absolute atomic E-state index is 5.73. The molecule has 1 aliphatic rings. The van der Waals surface area contributed by atoms with Crippen LogP contribution in [0.15, 0.2) is 6.20 Å². The van der Waals surface area contributed by atoms with E-state index in [2.05, 4.69) is 5.10 Å². The van der Waals surface area contributed by atoms with Crippen LogP contribution < -0.4 is 5.73 Å². The topological polar surface area (TPSA) is 53.1 Å². The van der Waals surface area contributed by atoms with Crippen molar-refractivity contribution in [3.8, 4) is 0 Å². The SMILES string of the molecule is Cc1nn(CC2CCCOC2)cc1N. The molecule has 4 nitrogen and oxygen atoms in total. The van der Waals surface area contributed by atoms with Crippen molar-refractivity contribution < 1.29 is 4.74 Å². The normalized spacial score (nSPS) is 22.5. The van der Waals surface area contributed by atoms with E-state index in [0.29, 0.717) is 5.92 Å². The van der Waals surface area contributed by atoms with E-state index >= 15 is 0 Å². The third kappa shape index (κ3) is 2.07. The molecule has 1 unspecified atom stereocenters. The second-order valence-corrected chi connectivity index (χ2v) is 3.98. The molecule has 1 atom stereocenters. The number of nitrogens with two attached hydrogens (primary N) is 1. The molecule has 2 heterocycles. The van der Waals surface area contributed by atoms with Crippen LogP contribution in [0.5, 0.6) is 0 Å². The first-order chi connectivity index (χ1) is 6.75. The minimum atomic E-state index is 0.599. The average Bonchev–Trinajstić information content (AvgIpc) is 2.47. The molecule has 0 amide bonds. The van der Waals surface area contributed by atoms with Crippen LogP contribution in [0.3, 0.4) is 0 Å². The minimum absolute atomic E-state index is 0.599. The van der Waals surface area contributed by atoms with Crippen LogP contribution in [-0.4, -0.2) is 23.0 Å². The lowest BCUT2D eigenvalue weighted by Gasteiger charge is -2.21. The first-order valence-corrected chi connectivity index (χ1v) is 5.13. The highest BCUT2D eigenvalue weighted by molar-refractivity contribution is 5.39. The summed E-state index contributed by atoms with van der Waals surface area (Å²) < 4.78 is 7.35. The molecule has 1 aliphatic heterocycles. The van der Waals surface area contributed by atoms with E-state index in [0.717, 1.165) is 31.1 Å². The fraction of sp³-hybridized carbons (Fsp3) is 0.700. The molecule has 4 heteroatoms. The fourth-order valence-electron chi connectivity index (χ4n) is 1.84. The van der Waals surface area contributed by atoms with Crippen molar-refractivity contribution in [2.24, 2.45) is 5.92 Å². The maximum atomic E-state index is 5.73. The second kappa shape index (κ2) is 4.00. The molecule has 1 saturated heterocycles. The van der Waals surface area contributed by atoms with Crippen LogP contribution >= 0.6 is 0 Å². The van der Waals surface area contributed by atoms with Crippen LogP contribution in [0.1, 0.15) is 18.5 Å². The van der Waals surface area contributed by atoms with Crippen molar-refractivity contribution >= 4 is 5.69 Å². The number of aromatic nitrogens is 2. The van der Waals surface area contributed by atoms with Crippen LogP contribution in [0.25, 0.3) is 0 Å². The largest absolute Gasteiger partial charge is 0.396 e. The Balaban J connectivity index is 1.95. The highest BCUT2D eigenvalue weighted by Gasteiger charge is 2.15. The summed E-state index contributed by atoms with van der Waals surface area (Å²) in [4.78, 5) is 0. The summed E-state index contributed by atoms with van der Waals surface area (Å²) in [5, 5.41) is 4.34. The van der Waals surface area contributed by atoms with E-state index in [1.54, 1.807) is 0 Å². The molecule has 0 radical (unpaired) electrons. The summed E-state index contributed by atoms with van der Waals surface area (Å²) in [6.07, 6.45) is 4.31. The summed E-state index contributed by atoms with van der Waals surface area (Å²) in [5.41, 5.74) is 7.43. The van der Waals surface area contributed by atoms with Crippen LogP contribution in [0.4, 0.5) is 5.69 Å². The zero-order chi connectivity index (χ0) is 9.97. The molecular weight excluding hydrogens is 178 g/mol. The number of nitrogen functional groups attached to an aromatic ring is 1. The number of anilines is 1. The third-order valence-corrected chi connectivity index (χ3v) is 2.68. The molecule has 0 bridgehead atoms. The quantitative estimate of drug-likeness (QED) is 0.771. The smallest absolute Gasteiger partial charge is 0.0822 e. The number of hydrogen-bond donors (Lipinski definition) is 1. The molecule has 14 heavy (non-hydrogen) atoms. The molecule has 0 spiro atoms. The van der Waals surface area contributed by atoms with E-state index in [9.17, 15) is 0 Å². The van der Waals surface area contributed by atoms with Gasteiger partial charge in [0.05, 0.1) is 18.0 Å². The Labute approximate surface area is 84.0 Å². The predicted molar refractivity (Wildman–Crippen MR) is 54.9 cm³/mol. The summed E-state index contributed by atoms with van der Waals surface area (Å²) in [6.45, 7) is 4.64. The first-order valence-electron chi connectivity index (χ1n) is 5.13. The van der Waals surface area contributed by atoms with Crippen molar-refractivity contribution in [1.29, 1.82) is 0 Å². The van der Waals surface area contributed by atoms with Crippen LogP contribution in [0, 0.1) is 12.8 Å². The summed E-state index contributed by atoms with van der Waals surface area (Å²) in [7, 11) is 0. The molecule has 1 aromatic rings. The lowest BCUT2D eigenvalue weighted by Crippen LogP contribution is -2.22. The van der Waals surface area contributed by atoms with Gasteiger partial charge < -0.3 is 10.5 Å². The summed E-state index contributed by atoms with van der Waals surface area (Å²) in [5.74, 6) is 0.599. The van der Waals surface area contributed by atoms with Crippen molar-refractivity contribution in [2.75, 3.05) is 18.9 Å². The van der Waals surface area contributed by atoms with Crippen LogP contribution in [0.2, 0.25) is 0 Å². The molecule has 2 N–H and O–H groups in total. The van der Waals surface area contributed by atoms with Crippen molar-refractivity contribution in [1.82, 2.24) is 9.78 Å². The van der Waals surface area contributed by atoms with Gasteiger partial charge in [-0.15, -0.1) is 0 Å². The Bertz CT molecular complexity index is 283. The molecular formula is C10H17N3O. The Morgan fingerprint density at radius 1 is 1.71 bits per heavy atom. The summed E-state index contributed by atoms with van der Waals surface area (Å²) >= 11 is 0. The van der Waals surface area contributed by atoms with E-state index in [1.165, 1.54) is 12.8 Å². The highest BCUT2D eigenvalue weighted by Crippen LogP contribution is 2.16. The maximum Gasteiger partial charge on any atom is 0.0822 e. The Hall–Kier alpha value is -1.03. The number of aryl methyl sites for hydroxylation is 1. The number of hydrogen-bond acceptors (Lipinski definition) is 3. The standard InChI is InChI=1S/C10H17N3O/c1-8-10(11)6-13(12-8)5-9-3-2-4-14-7-9/h6,9H,2-5,7,11H2,1H3. The zero-order valence-corrected chi connectivity index (χ0v) is 8.57. The number of rotatable bonds is 2. The van der Waals surface area contributed by atoms with Gasteiger partial charge >= 0.3 is 0 Å². The first kappa shape index (κ1) is 9.52. The van der Waals surface area contributed by atoms with Crippen molar-refractivity contribution in [2.45, 2.75) is 26.3 Å². The van der Waals surface area contributed by atoms with Gasteiger partial charge in [0, 0.05) is 25.3 Å². The third-order valence-electron chi connectivity index (χ3n) is 2.68. The Morgan fingerprint density at radius 2 is 2.57 bits per heavy atom. The zero-order valence-electron chi connectivity index (χ0n) is 8.57. The van der Waals surface area contributed by atoms with E-state index in [1.807, 2.05) is 17.8 Å². The Kier molecular flexibility index (Phi) is 2.72. The molecule has 0 aliphatic carbocycles. The van der Waals surface area contributed by atoms with Crippen molar-refractivity contribution in [3.05, 3.63) is 11.9 Å². The van der Waals surface area contributed by atoms with Crippen LogP contribution in [-0.2, 0) is 11.3 Å². The van der Waals surface area contributed by atoms with Gasteiger partial charge in [-0.05, 0) is 19.8 Å². The molecule has 0 saturated carbocycles. The lowest BCUT2D eigenvalue weighted by atomic mass is 10.0. The summed E-state index contributed by atoms with van der Waals surface area (Å²) in [6, 6.07) is 0. The number of nitrogens with zero attached hydrogens (tertiary/aromatic N) is 2. The molecule has 1 fully saturated rings. The lowest BCUT2D eigenvalue weighted by molar-refractivity contribution is 0.0470. The van der Waals surface area contributed by atoms with Gasteiger partial charge in [-0.2, -0.15) is 5.10 Å².